The van der Waals surface area contributed by atoms with Crippen LogP contribution < -0.4 is 0 Å². The van der Waals surface area contributed by atoms with Crippen molar-refractivity contribution in [2.45, 2.75) is 31.6 Å². The van der Waals surface area contributed by atoms with Gasteiger partial charge in [0.25, 0.3) is 0 Å². The monoisotopic (exact) mass is 328 g/mol. The first-order valence-corrected chi connectivity index (χ1v) is 8.00. The van der Waals surface area contributed by atoms with Crippen molar-refractivity contribution in [1.82, 2.24) is 10.1 Å². The number of benzene rings is 1. The third-order valence-corrected chi connectivity index (χ3v) is 4.71. The summed E-state index contributed by atoms with van der Waals surface area (Å²) in [6, 6.07) is 11.0. The maximum absolute atomic E-state index is 12.4. The van der Waals surface area contributed by atoms with E-state index >= 15 is 0 Å². The van der Waals surface area contributed by atoms with E-state index in [-0.39, 0.29) is 12.3 Å². The number of aliphatic carboxylic acids is 1. The Kier molecular flexibility index (Phi) is 4.38. The number of carbonyl (C=O) groups is 2. The first kappa shape index (κ1) is 16.2. The van der Waals surface area contributed by atoms with Crippen LogP contribution in [-0.2, 0) is 21.4 Å². The number of carboxylic acid groups (broad SMARTS) is 1. The standard InChI is InChI=1S/C18H20N2O4/c1-13-11-15(19-24-13)12-16(21)20-9-7-18(8-10-20,17(22)23)14-5-3-2-4-6-14/h2-6,11H,7-10,12H2,1H3,(H,22,23). The van der Waals surface area contributed by atoms with Gasteiger partial charge in [0, 0.05) is 19.2 Å². The van der Waals surface area contributed by atoms with E-state index in [2.05, 4.69) is 5.16 Å². The fraction of sp³-hybridized carbons (Fsp3) is 0.389. The topological polar surface area (TPSA) is 83.6 Å². The van der Waals surface area contributed by atoms with Gasteiger partial charge in [0.15, 0.2) is 0 Å². The molecular formula is C18H20N2O4. The van der Waals surface area contributed by atoms with Crippen LogP contribution >= 0.6 is 0 Å². The minimum Gasteiger partial charge on any atom is -0.481 e. The van der Waals surface area contributed by atoms with Crippen LogP contribution in [0.3, 0.4) is 0 Å². The van der Waals surface area contributed by atoms with Crippen LogP contribution in [0.4, 0.5) is 0 Å². The Balaban J connectivity index is 1.69. The van der Waals surface area contributed by atoms with Crippen LogP contribution in [0.15, 0.2) is 40.9 Å². The Morgan fingerprint density at radius 1 is 1.25 bits per heavy atom. The van der Waals surface area contributed by atoms with Gasteiger partial charge in [-0.3, -0.25) is 9.59 Å². The average molecular weight is 328 g/mol. The number of amides is 1. The number of aromatic nitrogens is 1. The van der Waals surface area contributed by atoms with E-state index in [1.165, 1.54) is 0 Å². The highest BCUT2D eigenvalue weighted by Gasteiger charge is 2.43. The zero-order chi connectivity index (χ0) is 17.2. The molecule has 0 aliphatic carbocycles. The number of likely N-dealkylation sites (tertiary alicyclic amines) is 1. The molecule has 0 saturated carbocycles. The van der Waals surface area contributed by atoms with Gasteiger partial charge in [-0.05, 0) is 25.3 Å². The Morgan fingerprint density at radius 2 is 1.92 bits per heavy atom. The minimum atomic E-state index is -0.914. The maximum Gasteiger partial charge on any atom is 0.314 e. The molecule has 6 nitrogen and oxygen atoms in total. The summed E-state index contributed by atoms with van der Waals surface area (Å²) in [5.74, 6) is -0.200. The summed E-state index contributed by atoms with van der Waals surface area (Å²) in [4.78, 5) is 26.0. The molecule has 126 valence electrons. The predicted octanol–water partition coefficient (Wildman–Crippen LogP) is 2.17. The Labute approximate surface area is 140 Å². The second kappa shape index (κ2) is 6.47. The number of nitrogens with zero attached hydrogens (tertiary/aromatic N) is 2. The zero-order valence-electron chi connectivity index (χ0n) is 13.6. The second-order valence-electron chi connectivity index (χ2n) is 6.24. The van der Waals surface area contributed by atoms with Gasteiger partial charge in [0.05, 0.1) is 17.5 Å². The van der Waals surface area contributed by atoms with E-state index in [9.17, 15) is 14.7 Å². The fourth-order valence-electron chi connectivity index (χ4n) is 3.29. The summed E-state index contributed by atoms with van der Waals surface area (Å²) in [7, 11) is 0. The normalized spacial score (nSPS) is 16.8. The number of carboxylic acids is 1. The first-order chi connectivity index (χ1) is 11.5. The van der Waals surface area contributed by atoms with Gasteiger partial charge in [0.2, 0.25) is 5.91 Å². The smallest absolute Gasteiger partial charge is 0.314 e. The number of carbonyl (C=O) groups excluding carboxylic acids is 1. The molecule has 2 aromatic rings. The number of piperidine rings is 1. The van der Waals surface area contributed by atoms with Crippen molar-refractivity contribution in [3.63, 3.8) is 0 Å². The second-order valence-corrected chi connectivity index (χ2v) is 6.24. The van der Waals surface area contributed by atoms with Crippen LogP contribution in [0, 0.1) is 6.92 Å². The summed E-state index contributed by atoms with van der Waals surface area (Å²) in [5, 5.41) is 13.6. The lowest BCUT2D eigenvalue weighted by molar-refractivity contribution is -0.148. The van der Waals surface area contributed by atoms with Crippen molar-refractivity contribution in [2.75, 3.05) is 13.1 Å². The molecule has 0 unspecified atom stereocenters. The van der Waals surface area contributed by atoms with Gasteiger partial charge >= 0.3 is 5.97 Å². The molecule has 1 saturated heterocycles. The Hall–Kier alpha value is -2.63. The molecule has 0 bridgehead atoms. The summed E-state index contributed by atoms with van der Waals surface area (Å²) >= 11 is 0. The highest BCUT2D eigenvalue weighted by Crippen LogP contribution is 2.36. The molecule has 0 spiro atoms. The molecule has 2 heterocycles. The molecular weight excluding hydrogens is 308 g/mol. The van der Waals surface area contributed by atoms with E-state index in [1.54, 1.807) is 17.9 Å². The molecule has 24 heavy (non-hydrogen) atoms. The molecule has 1 N–H and O–H groups in total. The van der Waals surface area contributed by atoms with Crippen molar-refractivity contribution in [2.24, 2.45) is 0 Å². The van der Waals surface area contributed by atoms with Crippen LogP contribution in [0.2, 0.25) is 0 Å². The molecule has 1 aromatic heterocycles. The first-order valence-electron chi connectivity index (χ1n) is 8.00. The predicted molar refractivity (Wildman–Crippen MR) is 86.5 cm³/mol. The Morgan fingerprint density at radius 3 is 2.46 bits per heavy atom. The van der Waals surface area contributed by atoms with E-state index < -0.39 is 11.4 Å². The maximum atomic E-state index is 12.4. The molecule has 1 aliphatic rings. The summed E-state index contributed by atoms with van der Waals surface area (Å²) in [6.45, 7) is 2.64. The van der Waals surface area contributed by atoms with Gasteiger partial charge in [-0.25, -0.2) is 0 Å². The van der Waals surface area contributed by atoms with Crippen molar-refractivity contribution in [1.29, 1.82) is 0 Å². The SMILES string of the molecule is Cc1cc(CC(=O)N2CCC(C(=O)O)(c3ccccc3)CC2)no1. The highest BCUT2D eigenvalue weighted by atomic mass is 16.5. The van der Waals surface area contributed by atoms with E-state index in [1.807, 2.05) is 30.3 Å². The van der Waals surface area contributed by atoms with Gasteiger partial charge in [0.1, 0.15) is 5.76 Å². The number of hydrogen-bond acceptors (Lipinski definition) is 4. The Bertz CT molecular complexity index is 730. The third kappa shape index (κ3) is 3.04. The average Bonchev–Trinajstić information content (AvgIpc) is 3.00. The van der Waals surface area contributed by atoms with E-state index in [0.29, 0.717) is 37.4 Å². The van der Waals surface area contributed by atoms with Crippen LogP contribution in [0.1, 0.15) is 29.9 Å². The largest absolute Gasteiger partial charge is 0.481 e. The molecule has 1 aliphatic heterocycles. The van der Waals surface area contributed by atoms with Crippen LogP contribution in [-0.4, -0.2) is 40.1 Å². The lowest BCUT2D eigenvalue weighted by atomic mass is 9.73. The molecule has 1 amide bonds. The lowest BCUT2D eigenvalue weighted by Crippen LogP contribution is -2.49. The number of hydrogen-bond donors (Lipinski definition) is 1. The number of rotatable bonds is 4. The van der Waals surface area contributed by atoms with E-state index in [0.717, 1.165) is 5.56 Å². The van der Waals surface area contributed by atoms with Crippen molar-refractivity contribution >= 4 is 11.9 Å². The van der Waals surface area contributed by atoms with Crippen LogP contribution in [0.25, 0.3) is 0 Å². The summed E-state index contributed by atoms with van der Waals surface area (Å²) in [6.07, 6.45) is 1.01. The van der Waals surface area contributed by atoms with Gasteiger partial charge in [-0.15, -0.1) is 0 Å². The van der Waals surface area contributed by atoms with Crippen molar-refractivity contribution in [3.05, 3.63) is 53.4 Å². The molecule has 1 aromatic carbocycles. The lowest BCUT2D eigenvalue weighted by Gasteiger charge is -2.39. The molecule has 1 fully saturated rings. The minimum absolute atomic E-state index is 0.0460. The molecule has 6 heteroatoms. The van der Waals surface area contributed by atoms with Crippen LogP contribution in [0.5, 0.6) is 0 Å². The summed E-state index contributed by atoms with van der Waals surface area (Å²) in [5.41, 5.74) is 0.495. The number of aryl methyl sites for hydroxylation is 1. The van der Waals surface area contributed by atoms with E-state index in [4.69, 9.17) is 4.52 Å². The summed E-state index contributed by atoms with van der Waals surface area (Å²) < 4.78 is 4.98. The molecule has 3 rings (SSSR count). The molecule has 0 radical (unpaired) electrons. The third-order valence-electron chi connectivity index (χ3n) is 4.71. The highest BCUT2D eigenvalue weighted by molar-refractivity contribution is 5.83. The fourth-order valence-corrected chi connectivity index (χ4v) is 3.29. The quantitative estimate of drug-likeness (QED) is 0.930. The van der Waals surface area contributed by atoms with Gasteiger partial charge in [-0.1, -0.05) is 35.5 Å². The zero-order valence-corrected chi connectivity index (χ0v) is 13.6. The molecule has 0 atom stereocenters. The van der Waals surface area contributed by atoms with Crippen molar-refractivity contribution in [3.8, 4) is 0 Å². The van der Waals surface area contributed by atoms with Gasteiger partial charge < -0.3 is 14.5 Å². The van der Waals surface area contributed by atoms with Gasteiger partial charge in [-0.2, -0.15) is 0 Å². The van der Waals surface area contributed by atoms with Crippen molar-refractivity contribution < 1.29 is 19.2 Å².